The SMILES string of the molecule is [2H]C([2H])([2H])C(O)(CCCC(C)(C/C=C\C(O)(C(F)(F)F)C(F)(F)F)[C@H]1CCC2/C(=C/C=C3C[C@@H](O)C[C@H](O)C3)CCC[C@@]21C)C([2H])([2H])[2H]. The van der Waals surface area contributed by atoms with E-state index in [0.717, 1.165) is 24.0 Å². The maximum absolute atomic E-state index is 13.5. The Labute approximate surface area is 254 Å². The van der Waals surface area contributed by atoms with E-state index in [4.69, 9.17) is 8.22 Å². The molecule has 0 aromatic carbocycles. The topological polar surface area (TPSA) is 80.9 Å². The first-order valence-electron chi connectivity index (χ1n) is 17.6. The number of alkyl halides is 6. The minimum absolute atomic E-state index is 0.00110. The van der Waals surface area contributed by atoms with Gasteiger partial charge in [0, 0.05) is 8.22 Å². The molecule has 242 valence electrons. The fourth-order valence-corrected chi connectivity index (χ4v) is 7.93. The number of hydrogen-bond donors (Lipinski definition) is 4. The Balaban J connectivity index is 1.99. The average molecular weight is 617 g/mol. The van der Waals surface area contributed by atoms with Crippen LogP contribution in [-0.2, 0) is 0 Å². The summed E-state index contributed by atoms with van der Waals surface area (Å²) < 4.78 is 127. The largest absolute Gasteiger partial charge is 0.429 e. The molecule has 0 aliphatic heterocycles. The Hall–Kier alpha value is -1.36. The predicted molar refractivity (Wildman–Crippen MR) is 149 cm³/mol. The summed E-state index contributed by atoms with van der Waals surface area (Å²) in [6, 6.07) is 0. The molecule has 3 aliphatic rings. The molecular formula is C32H48F6O4. The molecule has 4 nitrogen and oxygen atoms in total. The summed E-state index contributed by atoms with van der Waals surface area (Å²) >= 11 is 0. The van der Waals surface area contributed by atoms with Crippen LogP contribution in [0.5, 0.6) is 0 Å². The van der Waals surface area contributed by atoms with Gasteiger partial charge in [-0.25, -0.2) is 0 Å². The van der Waals surface area contributed by atoms with Crippen molar-refractivity contribution in [3.63, 3.8) is 0 Å². The highest BCUT2D eigenvalue weighted by Gasteiger charge is 2.69. The van der Waals surface area contributed by atoms with Gasteiger partial charge >= 0.3 is 12.4 Å². The molecule has 0 amide bonds. The molecule has 6 atom stereocenters. The third-order valence-corrected chi connectivity index (χ3v) is 9.97. The molecule has 3 aliphatic carbocycles. The second-order valence-electron chi connectivity index (χ2n) is 13.3. The molecule has 0 heterocycles. The fourth-order valence-electron chi connectivity index (χ4n) is 7.93. The Bertz CT molecular complexity index is 1190. The van der Waals surface area contributed by atoms with Gasteiger partial charge in [-0.05, 0) is 113 Å². The van der Waals surface area contributed by atoms with Crippen LogP contribution in [0.4, 0.5) is 26.3 Å². The number of rotatable bonds is 9. The molecule has 0 aromatic rings. The highest BCUT2D eigenvalue weighted by Crippen LogP contribution is 2.64. The van der Waals surface area contributed by atoms with Crippen molar-refractivity contribution >= 4 is 0 Å². The molecule has 3 rings (SSSR count). The third kappa shape index (κ3) is 7.83. The van der Waals surface area contributed by atoms with Crippen molar-refractivity contribution in [3.8, 4) is 0 Å². The zero-order chi connectivity index (χ0) is 36.8. The van der Waals surface area contributed by atoms with E-state index in [1.54, 1.807) is 6.92 Å². The number of hydrogen-bond acceptors (Lipinski definition) is 4. The van der Waals surface area contributed by atoms with Crippen LogP contribution < -0.4 is 0 Å². The van der Waals surface area contributed by atoms with Gasteiger partial charge in [-0.1, -0.05) is 49.6 Å². The molecule has 0 aromatic heterocycles. The smallest absolute Gasteiger partial charge is 0.393 e. The van der Waals surface area contributed by atoms with Gasteiger partial charge in [0.05, 0.1) is 17.8 Å². The molecule has 0 saturated heterocycles. The molecule has 3 saturated carbocycles. The lowest BCUT2D eigenvalue weighted by Crippen LogP contribution is -2.55. The summed E-state index contributed by atoms with van der Waals surface area (Å²) in [4.78, 5) is 0. The molecule has 0 bridgehead atoms. The zero-order valence-corrected chi connectivity index (χ0v) is 24.2. The lowest BCUT2D eigenvalue weighted by molar-refractivity contribution is -0.347. The maximum atomic E-state index is 13.5. The Morgan fingerprint density at radius 2 is 1.57 bits per heavy atom. The average Bonchev–Trinajstić information content (AvgIpc) is 3.27. The standard InChI is InChI=1S/C32H48F6O4/c1-27(2,41)13-6-14-28(3,15-7-17-30(42,31(33,34)35)32(36,37)38)26-12-11-25-22(8-5-16-29(25,26)4)10-9-21-18-23(39)20-24(40)19-21/h7,9-10,17,23-26,39-42H,5-6,8,11-16,18-20H2,1-4H3/b17-7-,22-10+/t23-,24-,25?,26-,28?,29+/m1/s1/i1D3,2D3. The summed E-state index contributed by atoms with van der Waals surface area (Å²) in [5, 5.41) is 40.7. The van der Waals surface area contributed by atoms with Crippen molar-refractivity contribution in [1.29, 1.82) is 0 Å². The van der Waals surface area contributed by atoms with Crippen LogP contribution >= 0.6 is 0 Å². The Morgan fingerprint density at radius 1 is 0.952 bits per heavy atom. The van der Waals surface area contributed by atoms with Crippen LogP contribution in [0.25, 0.3) is 0 Å². The zero-order valence-electron chi connectivity index (χ0n) is 30.2. The monoisotopic (exact) mass is 616 g/mol. The quantitative estimate of drug-likeness (QED) is 0.158. The van der Waals surface area contributed by atoms with Crippen LogP contribution in [0, 0.1) is 22.7 Å². The van der Waals surface area contributed by atoms with Gasteiger partial charge in [0.25, 0.3) is 5.60 Å². The lowest BCUT2D eigenvalue weighted by atomic mass is 9.55. The number of aliphatic hydroxyl groups is 4. The van der Waals surface area contributed by atoms with Gasteiger partial charge < -0.3 is 20.4 Å². The molecule has 3 fully saturated rings. The van der Waals surface area contributed by atoms with Gasteiger partial charge in [0.15, 0.2) is 0 Å². The number of halogens is 6. The van der Waals surface area contributed by atoms with Crippen LogP contribution in [-0.4, -0.2) is 56.2 Å². The van der Waals surface area contributed by atoms with E-state index in [-0.39, 0.29) is 37.2 Å². The minimum Gasteiger partial charge on any atom is -0.393 e. The first kappa shape index (κ1) is 27.0. The molecule has 0 spiro atoms. The minimum atomic E-state index is -6.06. The van der Waals surface area contributed by atoms with E-state index in [1.807, 2.05) is 19.1 Å². The molecular weight excluding hydrogens is 562 g/mol. The van der Waals surface area contributed by atoms with Gasteiger partial charge in [0.1, 0.15) is 0 Å². The molecule has 42 heavy (non-hydrogen) atoms. The second kappa shape index (κ2) is 12.6. The highest BCUT2D eigenvalue weighted by atomic mass is 19.4. The van der Waals surface area contributed by atoms with Crippen molar-refractivity contribution in [2.45, 2.75) is 140 Å². The lowest BCUT2D eigenvalue weighted by Gasteiger charge is -2.49. The van der Waals surface area contributed by atoms with Crippen molar-refractivity contribution in [1.82, 2.24) is 0 Å². The third-order valence-electron chi connectivity index (χ3n) is 9.97. The summed E-state index contributed by atoms with van der Waals surface area (Å²) in [5.41, 5.74) is -7.75. The van der Waals surface area contributed by atoms with Gasteiger partial charge in [-0.3, -0.25) is 0 Å². The van der Waals surface area contributed by atoms with Crippen molar-refractivity contribution < 1.29 is 55.0 Å². The maximum Gasteiger partial charge on any atom is 0.429 e. The van der Waals surface area contributed by atoms with Gasteiger partial charge in [-0.2, -0.15) is 26.3 Å². The predicted octanol–water partition coefficient (Wildman–Crippen LogP) is 7.71. The second-order valence-corrected chi connectivity index (χ2v) is 13.3. The van der Waals surface area contributed by atoms with E-state index in [2.05, 4.69) is 0 Å². The van der Waals surface area contributed by atoms with E-state index in [0.29, 0.717) is 44.6 Å². The van der Waals surface area contributed by atoms with Gasteiger partial charge in [0.2, 0.25) is 0 Å². The summed E-state index contributed by atoms with van der Waals surface area (Å²) in [6.45, 7) is -2.90. The van der Waals surface area contributed by atoms with Crippen LogP contribution in [0.3, 0.4) is 0 Å². The number of fused-ring (bicyclic) bond motifs is 1. The number of allylic oxidation sites excluding steroid dienone is 4. The van der Waals surface area contributed by atoms with Crippen molar-refractivity contribution in [2.75, 3.05) is 0 Å². The number of aliphatic hydroxyl groups excluding tert-OH is 2. The summed E-state index contributed by atoms with van der Waals surface area (Å²) in [7, 11) is 0. The Morgan fingerprint density at radius 3 is 2.14 bits per heavy atom. The summed E-state index contributed by atoms with van der Waals surface area (Å²) in [5.74, 6) is -0.313. The fraction of sp³-hybridized carbons (Fsp3) is 0.812. The molecule has 2 unspecified atom stereocenters. The van der Waals surface area contributed by atoms with E-state index >= 15 is 0 Å². The highest BCUT2D eigenvalue weighted by molar-refractivity contribution is 5.27. The Kier molecular flexibility index (Phi) is 8.07. The van der Waals surface area contributed by atoms with E-state index < -0.39 is 66.7 Å². The van der Waals surface area contributed by atoms with E-state index in [9.17, 15) is 46.8 Å². The first-order chi connectivity index (χ1) is 21.6. The van der Waals surface area contributed by atoms with Crippen molar-refractivity contribution in [2.24, 2.45) is 22.7 Å². The van der Waals surface area contributed by atoms with Gasteiger partial charge in [-0.15, -0.1) is 0 Å². The van der Waals surface area contributed by atoms with Crippen molar-refractivity contribution in [3.05, 3.63) is 35.5 Å². The molecule has 0 radical (unpaired) electrons. The molecule has 4 N–H and O–H groups in total. The van der Waals surface area contributed by atoms with Crippen LogP contribution in [0.2, 0.25) is 0 Å². The summed E-state index contributed by atoms with van der Waals surface area (Å²) in [6.07, 6.45) is -5.93. The normalized spacial score (nSPS) is 35.0. The van der Waals surface area contributed by atoms with Crippen LogP contribution in [0.15, 0.2) is 35.5 Å². The van der Waals surface area contributed by atoms with Crippen LogP contribution in [0.1, 0.15) is 113 Å². The van der Waals surface area contributed by atoms with E-state index in [1.165, 1.54) is 0 Å². The first-order valence-corrected chi connectivity index (χ1v) is 14.6. The molecule has 10 heteroatoms.